The van der Waals surface area contributed by atoms with Crippen molar-refractivity contribution in [1.82, 2.24) is 9.97 Å². The maximum Gasteiger partial charge on any atom is 0.0798 e. The molecular weight excluding hydrogens is 941 g/mol. The number of hydrogen-bond donors (Lipinski definition) is 0. The van der Waals surface area contributed by atoms with Crippen LogP contribution >= 0.6 is 11.3 Å². The van der Waals surface area contributed by atoms with Crippen LogP contribution in [-0.4, -0.2) is 18.0 Å². The second kappa shape index (κ2) is 18.7. The summed E-state index contributed by atoms with van der Waals surface area (Å²) < 4.78 is 2.61. The van der Waals surface area contributed by atoms with Crippen LogP contribution in [0.5, 0.6) is 0 Å². The molecule has 1 radical (unpaired) electrons. The maximum absolute atomic E-state index is 4.83. The van der Waals surface area contributed by atoms with Gasteiger partial charge < -0.3 is 9.97 Å². The number of thiophene rings is 1. The molecule has 3 aromatic heterocycles. The Morgan fingerprint density at radius 3 is 2.07 bits per heavy atom. The Morgan fingerprint density at radius 2 is 1.43 bits per heavy atom. The molecule has 0 atom stereocenters. The van der Waals surface area contributed by atoms with Crippen molar-refractivity contribution in [3.05, 3.63) is 138 Å². The normalized spacial score (nSPS) is 13.9. The van der Waals surface area contributed by atoms with Crippen LogP contribution in [0.3, 0.4) is 0 Å². The van der Waals surface area contributed by atoms with Crippen LogP contribution < -0.4 is 5.19 Å². The number of rotatable bonds is 7. The summed E-state index contributed by atoms with van der Waals surface area (Å²) in [6.07, 6.45) is 11.9. The molecule has 8 rings (SSSR count). The van der Waals surface area contributed by atoms with Gasteiger partial charge in [0.15, 0.2) is 0 Å². The largest absolute Gasteiger partial charge is 0.305 e. The van der Waals surface area contributed by atoms with E-state index in [0.717, 1.165) is 28.9 Å². The predicted octanol–water partition coefficient (Wildman–Crippen LogP) is 15.5. The van der Waals surface area contributed by atoms with Crippen molar-refractivity contribution in [2.24, 2.45) is 5.92 Å². The minimum Gasteiger partial charge on any atom is -0.305 e. The summed E-state index contributed by atoms with van der Waals surface area (Å²) in [4.78, 5) is 9.52. The molecule has 5 heteroatoms. The van der Waals surface area contributed by atoms with Crippen molar-refractivity contribution in [3.8, 4) is 33.6 Å². The first-order valence-corrected chi connectivity index (χ1v) is 26.2. The number of benzene rings is 4. The summed E-state index contributed by atoms with van der Waals surface area (Å²) in [5.74, 6) is 1.34. The molecule has 2 nitrogen and oxygen atoms in total. The van der Waals surface area contributed by atoms with Gasteiger partial charge in [0.05, 0.1) is 8.07 Å². The van der Waals surface area contributed by atoms with Crippen molar-refractivity contribution < 1.29 is 20.1 Å². The van der Waals surface area contributed by atoms with Gasteiger partial charge in [0.2, 0.25) is 0 Å². The summed E-state index contributed by atoms with van der Waals surface area (Å²) in [6, 6.07) is 40.3. The summed E-state index contributed by atoms with van der Waals surface area (Å²) in [5.41, 5.74) is 12.8. The van der Waals surface area contributed by atoms with Crippen molar-refractivity contribution >= 4 is 44.8 Å². The molecule has 0 saturated heterocycles. The fourth-order valence-corrected chi connectivity index (χ4v) is 11.4. The number of aromatic nitrogens is 2. The first-order valence-electron chi connectivity index (χ1n) is 21.9. The Labute approximate surface area is 380 Å². The van der Waals surface area contributed by atoms with Gasteiger partial charge in [-0.05, 0) is 103 Å². The molecule has 3 heterocycles. The van der Waals surface area contributed by atoms with E-state index in [9.17, 15) is 0 Å². The molecule has 0 unspecified atom stereocenters. The van der Waals surface area contributed by atoms with Crippen molar-refractivity contribution in [2.45, 2.75) is 130 Å². The van der Waals surface area contributed by atoms with Crippen LogP contribution in [-0.2, 0) is 37.4 Å². The second-order valence-electron chi connectivity index (χ2n) is 20.4. The van der Waals surface area contributed by atoms with Crippen LogP contribution in [0, 0.1) is 18.1 Å². The Hall–Kier alpha value is -3.73. The average Bonchev–Trinajstić information content (AvgIpc) is 3.59. The number of pyridine rings is 2. The van der Waals surface area contributed by atoms with E-state index >= 15 is 0 Å². The van der Waals surface area contributed by atoms with Gasteiger partial charge >= 0.3 is 0 Å². The average molecular weight is 1010 g/mol. The fraction of sp³-hybridized carbons (Fsp3) is 0.382. The zero-order valence-electron chi connectivity index (χ0n) is 37.8. The SMILES string of the molecule is CC(C)(C)c1cc(-c2ccc3c(c2)sc2c(-c4cc(C5CCCCC5)ccn4)[c-]ccc23)cc(C(C)(C)C)c1.CC(C)Cc1cc(-c2[c-]cccc2)ncc1[Si](C)(C)C.[Ir]. The zero-order chi connectivity index (χ0) is 42.1. The molecular formula is C55H64IrN2SSi-2. The van der Waals surface area contributed by atoms with Crippen LogP contribution in [0.2, 0.25) is 19.6 Å². The van der Waals surface area contributed by atoms with Gasteiger partial charge in [0, 0.05) is 37.2 Å². The summed E-state index contributed by atoms with van der Waals surface area (Å²) in [5, 5.41) is 4.12. The molecule has 0 amide bonds. The quantitative estimate of drug-likeness (QED) is 0.117. The Morgan fingerprint density at radius 1 is 0.717 bits per heavy atom. The maximum atomic E-state index is 4.83. The van der Waals surface area contributed by atoms with E-state index < -0.39 is 8.07 Å². The first-order chi connectivity index (χ1) is 28.0. The summed E-state index contributed by atoms with van der Waals surface area (Å²) in [6.45, 7) is 25.6. The van der Waals surface area contributed by atoms with Crippen LogP contribution in [0.15, 0.2) is 103 Å². The van der Waals surface area contributed by atoms with E-state index in [1.807, 2.05) is 35.7 Å². The van der Waals surface area contributed by atoms with Gasteiger partial charge in [-0.1, -0.05) is 153 Å². The van der Waals surface area contributed by atoms with Crippen molar-refractivity contribution in [1.29, 1.82) is 0 Å². The van der Waals surface area contributed by atoms with E-state index in [4.69, 9.17) is 4.98 Å². The van der Waals surface area contributed by atoms with Gasteiger partial charge in [-0.3, -0.25) is 0 Å². The molecule has 0 aliphatic heterocycles. The monoisotopic (exact) mass is 1010 g/mol. The van der Waals surface area contributed by atoms with Crippen LogP contribution in [0.1, 0.15) is 116 Å². The molecule has 315 valence electrons. The fourth-order valence-electron chi connectivity index (χ4n) is 8.53. The molecule has 1 aliphatic carbocycles. The zero-order valence-corrected chi connectivity index (χ0v) is 42.1. The molecule has 7 aromatic rings. The molecule has 60 heavy (non-hydrogen) atoms. The molecule has 0 spiro atoms. The van der Waals surface area contributed by atoms with Gasteiger partial charge in [0.25, 0.3) is 0 Å². The van der Waals surface area contributed by atoms with Gasteiger partial charge in [-0.25, -0.2) is 0 Å². The third kappa shape index (κ3) is 10.6. The van der Waals surface area contributed by atoms with Crippen LogP contribution in [0.25, 0.3) is 53.8 Å². The molecule has 4 aromatic carbocycles. The van der Waals surface area contributed by atoms with E-state index in [-0.39, 0.29) is 30.9 Å². The van der Waals surface area contributed by atoms with Crippen LogP contribution in [0.4, 0.5) is 0 Å². The number of hydrogen-bond acceptors (Lipinski definition) is 3. The van der Waals surface area contributed by atoms with E-state index in [0.29, 0.717) is 11.8 Å². The van der Waals surface area contributed by atoms with E-state index in [2.05, 4.69) is 171 Å². The number of fused-ring (bicyclic) bond motifs is 3. The topological polar surface area (TPSA) is 25.8 Å². The van der Waals surface area contributed by atoms with Gasteiger partial charge in [-0.2, -0.15) is 11.3 Å². The van der Waals surface area contributed by atoms with Crippen molar-refractivity contribution in [3.63, 3.8) is 0 Å². The minimum atomic E-state index is -1.34. The van der Waals surface area contributed by atoms with E-state index in [1.54, 1.807) is 0 Å². The third-order valence-electron chi connectivity index (χ3n) is 12.0. The summed E-state index contributed by atoms with van der Waals surface area (Å²) in [7, 11) is -1.34. The second-order valence-corrected chi connectivity index (χ2v) is 26.5. The third-order valence-corrected chi connectivity index (χ3v) is 15.2. The Kier molecular flexibility index (Phi) is 14.3. The van der Waals surface area contributed by atoms with Crippen molar-refractivity contribution in [2.75, 3.05) is 0 Å². The predicted molar refractivity (Wildman–Crippen MR) is 260 cm³/mol. The molecule has 1 fully saturated rings. The Bertz CT molecular complexity index is 2510. The van der Waals surface area contributed by atoms with Gasteiger partial charge in [0.1, 0.15) is 0 Å². The molecule has 0 bridgehead atoms. The van der Waals surface area contributed by atoms with Gasteiger partial charge in [-0.15, -0.1) is 59.7 Å². The molecule has 0 N–H and O–H groups in total. The molecule has 1 saturated carbocycles. The number of nitrogens with zero attached hydrogens (tertiary/aromatic N) is 2. The smallest absolute Gasteiger partial charge is 0.0798 e. The molecule has 1 aliphatic rings. The van der Waals surface area contributed by atoms with E-state index in [1.165, 1.54) is 90.8 Å². The Balaban J connectivity index is 0.000000243. The first kappa shape index (κ1) is 45.8. The summed E-state index contributed by atoms with van der Waals surface area (Å²) >= 11 is 1.88. The standard InChI is InChI=1S/C37H40NS.C18H24NSi.Ir/c1-36(2,3)28-19-27(20-29(23-28)37(4,5)6)25-15-16-30-31-13-10-14-32(35(31)39-34(30)22-25)33-21-26(17-18-38-33)24-11-8-7-9-12-24;1-14(2)11-16-12-17(15-9-7-6-8-10-15)19-13-18(16)20(3,4)5;/h10,13,15-24H,7-9,11-12H2,1-6H3;6-9,12-14H,11H2,1-5H3;/q2*-1;. The minimum absolute atomic E-state index is 0.